The topological polar surface area (TPSA) is 134 Å². The summed E-state index contributed by atoms with van der Waals surface area (Å²) in [5.41, 5.74) is 2.92. The minimum Gasteiger partial charge on any atom is -0.497 e. The van der Waals surface area contributed by atoms with Crippen molar-refractivity contribution < 1.29 is 23.1 Å². The van der Waals surface area contributed by atoms with Gasteiger partial charge >= 0.3 is 0 Å². The zero-order valence-electron chi connectivity index (χ0n) is 21.3. The highest BCUT2D eigenvalue weighted by Gasteiger charge is 2.21. The van der Waals surface area contributed by atoms with Crippen molar-refractivity contribution in [2.24, 2.45) is 0 Å². The third kappa shape index (κ3) is 6.62. The molecule has 3 aromatic carbocycles. The van der Waals surface area contributed by atoms with Gasteiger partial charge in [0, 0.05) is 17.4 Å². The van der Waals surface area contributed by atoms with Crippen LogP contribution in [0.4, 0.5) is 17.2 Å². The number of nitrogens with zero attached hydrogens (tertiary/aromatic N) is 3. The van der Waals surface area contributed by atoms with Gasteiger partial charge in [0.05, 0.1) is 41.9 Å². The molecule has 0 bridgehead atoms. The summed E-state index contributed by atoms with van der Waals surface area (Å²) >= 11 is 0. The molecular weight excluding hydrogens is 506 g/mol. The molecule has 4 aromatic rings. The van der Waals surface area contributed by atoms with Gasteiger partial charge in [0.15, 0.2) is 15.7 Å². The molecule has 0 fully saturated rings. The Kier molecular flexibility index (Phi) is 8.20. The van der Waals surface area contributed by atoms with Gasteiger partial charge in [-0.05, 0) is 62.1 Å². The van der Waals surface area contributed by atoms with E-state index < -0.39 is 15.6 Å². The highest BCUT2D eigenvalue weighted by Crippen LogP contribution is 2.28. The number of rotatable bonds is 10. The predicted molar refractivity (Wildman–Crippen MR) is 146 cm³/mol. The van der Waals surface area contributed by atoms with Crippen LogP contribution in [-0.4, -0.2) is 62.0 Å². The molecule has 0 atom stereocenters. The number of aliphatic hydroxyl groups is 1. The molecule has 198 valence electrons. The number of para-hydroxylation sites is 2. The van der Waals surface area contributed by atoms with E-state index in [1.165, 1.54) is 19.2 Å². The lowest BCUT2D eigenvalue weighted by atomic mass is 10.2. The molecule has 0 aliphatic carbocycles. The summed E-state index contributed by atoms with van der Waals surface area (Å²) in [6.45, 7) is -0.0289. The number of amides is 1. The zero-order valence-corrected chi connectivity index (χ0v) is 22.1. The van der Waals surface area contributed by atoms with Gasteiger partial charge in [-0.1, -0.05) is 18.2 Å². The Hall–Kier alpha value is -4.06. The number of ether oxygens (including phenoxy) is 1. The average Bonchev–Trinajstić information content (AvgIpc) is 2.88. The number of carbonyl (C=O) groups is 1. The fourth-order valence-corrected chi connectivity index (χ4v) is 5.15. The standard InChI is InChI=1S/C27H29N5O5S/c1-32(2)15-26(34)28-19-7-6-8-22(14-19)38(35,36)17-25-27(31-24-10-5-4-9-23(24)30-25)29-20-11-18(16-33)12-21(13-20)37-3/h4-14,33H,15-17H2,1-3H3,(H,28,34)(H,29,31). The van der Waals surface area contributed by atoms with Crippen molar-refractivity contribution in [2.75, 3.05) is 38.4 Å². The molecular formula is C27H29N5O5S. The maximum atomic E-state index is 13.5. The number of carbonyl (C=O) groups excluding carboxylic acids is 1. The summed E-state index contributed by atoms with van der Waals surface area (Å²) < 4.78 is 32.3. The first-order chi connectivity index (χ1) is 18.2. The summed E-state index contributed by atoms with van der Waals surface area (Å²) in [5.74, 6) is 0.103. The van der Waals surface area contributed by atoms with E-state index >= 15 is 0 Å². The van der Waals surface area contributed by atoms with Crippen molar-refractivity contribution in [3.05, 3.63) is 78.0 Å². The normalized spacial score (nSPS) is 11.5. The highest BCUT2D eigenvalue weighted by atomic mass is 32.2. The molecule has 0 saturated heterocycles. The molecule has 38 heavy (non-hydrogen) atoms. The van der Waals surface area contributed by atoms with E-state index in [4.69, 9.17) is 4.74 Å². The molecule has 11 heteroatoms. The van der Waals surface area contributed by atoms with E-state index in [1.54, 1.807) is 67.5 Å². The van der Waals surface area contributed by atoms with Crippen LogP contribution in [0, 0.1) is 0 Å². The Balaban J connectivity index is 1.69. The highest BCUT2D eigenvalue weighted by molar-refractivity contribution is 7.90. The van der Waals surface area contributed by atoms with Gasteiger partial charge in [-0.2, -0.15) is 0 Å². The molecule has 1 heterocycles. The monoisotopic (exact) mass is 535 g/mol. The Labute approximate surface area is 221 Å². The van der Waals surface area contributed by atoms with Crippen molar-refractivity contribution >= 4 is 44.0 Å². The van der Waals surface area contributed by atoms with Crippen LogP contribution in [0.3, 0.4) is 0 Å². The lowest BCUT2D eigenvalue weighted by Crippen LogP contribution is -2.27. The Bertz CT molecular complexity index is 1550. The fourth-order valence-electron chi connectivity index (χ4n) is 3.83. The lowest BCUT2D eigenvalue weighted by molar-refractivity contribution is -0.116. The van der Waals surface area contributed by atoms with Crippen LogP contribution >= 0.6 is 0 Å². The van der Waals surface area contributed by atoms with Crippen LogP contribution in [0.25, 0.3) is 11.0 Å². The smallest absolute Gasteiger partial charge is 0.238 e. The molecule has 3 N–H and O–H groups in total. The van der Waals surface area contributed by atoms with E-state index in [0.29, 0.717) is 33.7 Å². The Morgan fingerprint density at radius 3 is 2.39 bits per heavy atom. The third-order valence-electron chi connectivity index (χ3n) is 5.55. The summed E-state index contributed by atoms with van der Waals surface area (Å²) in [4.78, 5) is 23.2. The van der Waals surface area contributed by atoms with Crippen LogP contribution in [0.5, 0.6) is 5.75 Å². The fraction of sp³-hybridized carbons (Fsp3) is 0.222. The molecule has 0 saturated carbocycles. The van der Waals surface area contributed by atoms with Gasteiger partial charge in [0.1, 0.15) is 11.5 Å². The van der Waals surface area contributed by atoms with Gasteiger partial charge in [-0.15, -0.1) is 0 Å². The number of methoxy groups -OCH3 is 1. The van der Waals surface area contributed by atoms with Gasteiger partial charge in [0.25, 0.3) is 0 Å². The number of sulfone groups is 1. The molecule has 0 aliphatic rings. The molecule has 0 spiro atoms. The van der Waals surface area contributed by atoms with Gasteiger partial charge in [-0.25, -0.2) is 18.4 Å². The number of aromatic nitrogens is 2. The largest absolute Gasteiger partial charge is 0.497 e. The summed E-state index contributed by atoms with van der Waals surface area (Å²) in [6.07, 6.45) is 0. The number of fused-ring (bicyclic) bond motifs is 1. The predicted octanol–water partition coefficient (Wildman–Crippen LogP) is 3.35. The summed E-state index contributed by atoms with van der Waals surface area (Å²) in [6, 6.07) is 18.4. The first-order valence-electron chi connectivity index (χ1n) is 11.8. The quantitative estimate of drug-likeness (QED) is 0.279. The number of anilines is 3. The molecule has 10 nitrogen and oxygen atoms in total. The second-order valence-electron chi connectivity index (χ2n) is 8.93. The number of nitrogens with one attached hydrogen (secondary N) is 2. The number of hydrogen-bond acceptors (Lipinski definition) is 9. The van der Waals surface area contributed by atoms with E-state index in [1.807, 2.05) is 6.07 Å². The average molecular weight is 536 g/mol. The third-order valence-corrected chi connectivity index (χ3v) is 7.18. The molecule has 0 aliphatic heterocycles. The zero-order chi connectivity index (χ0) is 27.3. The van der Waals surface area contributed by atoms with E-state index in [-0.39, 0.29) is 35.5 Å². The number of hydrogen-bond donors (Lipinski definition) is 3. The van der Waals surface area contributed by atoms with E-state index in [0.717, 1.165) is 0 Å². The summed E-state index contributed by atoms with van der Waals surface area (Å²) in [5, 5.41) is 15.5. The molecule has 0 unspecified atom stereocenters. The molecule has 4 rings (SSSR count). The van der Waals surface area contributed by atoms with Crippen molar-refractivity contribution in [1.29, 1.82) is 0 Å². The minimum atomic E-state index is -3.87. The van der Waals surface area contributed by atoms with Crippen molar-refractivity contribution in [2.45, 2.75) is 17.3 Å². The van der Waals surface area contributed by atoms with Gasteiger partial charge in [-0.3, -0.25) is 4.79 Å². The van der Waals surface area contributed by atoms with Crippen molar-refractivity contribution in [3.63, 3.8) is 0 Å². The van der Waals surface area contributed by atoms with Crippen LogP contribution < -0.4 is 15.4 Å². The maximum absolute atomic E-state index is 13.5. The number of aliphatic hydroxyl groups excluding tert-OH is 1. The van der Waals surface area contributed by atoms with Crippen LogP contribution in [0.15, 0.2) is 71.6 Å². The molecule has 1 aromatic heterocycles. The van der Waals surface area contributed by atoms with Crippen LogP contribution in [0.1, 0.15) is 11.3 Å². The Morgan fingerprint density at radius 2 is 1.71 bits per heavy atom. The Morgan fingerprint density at radius 1 is 0.974 bits per heavy atom. The lowest BCUT2D eigenvalue weighted by Gasteiger charge is -2.14. The van der Waals surface area contributed by atoms with E-state index in [2.05, 4.69) is 20.6 Å². The molecule has 0 radical (unpaired) electrons. The van der Waals surface area contributed by atoms with Gasteiger partial charge in [0.2, 0.25) is 5.91 Å². The SMILES string of the molecule is COc1cc(CO)cc(Nc2nc3ccccc3nc2CS(=O)(=O)c2cccc(NC(=O)CN(C)C)c2)c1. The molecule has 1 amide bonds. The van der Waals surface area contributed by atoms with Crippen molar-refractivity contribution in [3.8, 4) is 5.75 Å². The van der Waals surface area contributed by atoms with Gasteiger partial charge < -0.3 is 25.4 Å². The summed E-state index contributed by atoms with van der Waals surface area (Å²) in [7, 11) is 1.19. The number of benzene rings is 3. The van der Waals surface area contributed by atoms with Crippen molar-refractivity contribution in [1.82, 2.24) is 14.9 Å². The second kappa shape index (κ2) is 11.5. The maximum Gasteiger partial charge on any atom is 0.238 e. The number of likely N-dealkylation sites (N-methyl/N-ethyl adjacent to an activating group) is 1. The first-order valence-corrected chi connectivity index (χ1v) is 13.4. The van der Waals surface area contributed by atoms with Crippen LogP contribution in [0.2, 0.25) is 0 Å². The van der Waals surface area contributed by atoms with Crippen LogP contribution in [-0.2, 0) is 27.0 Å². The minimum absolute atomic E-state index is 0.0463. The van der Waals surface area contributed by atoms with E-state index in [9.17, 15) is 18.3 Å². The first kappa shape index (κ1) is 27.0. The second-order valence-corrected chi connectivity index (χ2v) is 10.9.